The van der Waals surface area contributed by atoms with Gasteiger partial charge in [0.25, 0.3) is 5.56 Å². The number of rotatable bonds is 8. The molecule has 1 unspecified atom stereocenters. The lowest BCUT2D eigenvalue weighted by Crippen LogP contribution is -2.30. The minimum Gasteiger partial charge on any atom is -0.491 e. The molecule has 4 rings (SSSR count). The number of para-hydroxylation sites is 1. The zero-order valence-corrected chi connectivity index (χ0v) is 18.2. The van der Waals surface area contributed by atoms with Crippen LogP contribution in [0.4, 0.5) is 5.95 Å². The Bertz CT molecular complexity index is 1390. The third-order valence-corrected chi connectivity index (χ3v) is 5.10. The molecule has 0 amide bonds. The van der Waals surface area contributed by atoms with Gasteiger partial charge in [-0.05, 0) is 24.6 Å². The number of ether oxygens (including phenoxy) is 1. The van der Waals surface area contributed by atoms with Gasteiger partial charge in [-0.3, -0.25) is 14.3 Å². The lowest BCUT2D eigenvalue weighted by molar-refractivity contribution is 0.0938. The van der Waals surface area contributed by atoms with Crippen molar-refractivity contribution in [1.82, 2.24) is 19.1 Å². The molecule has 3 N–H and O–H groups in total. The van der Waals surface area contributed by atoms with Crippen LogP contribution in [0.25, 0.3) is 11.2 Å². The molecule has 0 aliphatic heterocycles. The highest BCUT2D eigenvalue weighted by Gasteiger charge is 2.20. The van der Waals surface area contributed by atoms with Crippen LogP contribution in [-0.4, -0.2) is 42.6 Å². The highest BCUT2D eigenvalue weighted by Crippen LogP contribution is 2.17. The predicted molar refractivity (Wildman–Crippen MR) is 126 cm³/mol. The molecule has 0 aliphatic rings. The molecule has 2 aromatic carbocycles. The number of hydrazone groups is 1. The number of imidazole rings is 1. The molecule has 10 nitrogen and oxygen atoms in total. The van der Waals surface area contributed by atoms with E-state index in [9.17, 15) is 14.7 Å². The van der Waals surface area contributed by atoms with Crippen LogP contribution < -0.4 is 21.4 Å². The molecule has 0 saturated carbocycles. The van der Waals surface area contributed by atoms with Crippen LogP contribution in [0.1, 0.15) is 12.5 Å². The standard InChI is InChI=1S/C23H24N6O4/c1-15(16-9-5-3-6-10-16)26-27-22-24-20-19(21(31)25-23(32)28(20)2)29(22)13-17(30)14-33-18-11-7-4-8-12-18/h3-12,17,30H,13-14H2,1-2H3,(H,24,27)(H,25,31,32)/b26-15+. The molecule has 1 atom stereocenters. The Morgan fingerprint density at radius 1 is 1.15 bits per heavy atom. The van der Waals surface area contributed by atoms with Gasteiger partial charge in [-0.15, -0.1) is 0 Å². The minimum atomic E-state index is -0.959. The van der Waals surface area contributed by atoms with Crippen LogP contribution >= 0.6 is 0 Å². The number of H-pyrrole nitrogens is 1. The molecule has 0 fully saturated rings. The number of aliphatic hydroxyl groups is 1. The largest absolute Gasteiger partial charge is 0.491 e. The maximum absolute atomic E-state index is 12.6. The highest BCUT2D eigenvalue weighted by molar-refractivity contribution is 5.99. The van der Waals surface area contributed by atoms with Crippen molar-refractivity contribution in [2.45, 2.75) is 19.6 Å². The Balaban J connectivity index is 1.66. The second-order valence-electron chi connectivity index (χ2n) is 7.49. The molecule has 33 heavy (non-hydrogen) atoms. The summed E-state index contributed by atoms with van der Waals surface area (Å²) in [6.07, 6.45) is -0.959. The summed E-state index contributed by atoms with van der Waals surface area (Å²) < 4.78 is 8.35. The molecular formula is C23H24N6O4. The first-order valence-corrected chi connectivity index (χ1v) is 10.3. The molecule has 0 radical (unpaired) electrons. The summed E-state index contributed by atoms with van der Waals surface area (Å²) in [6, 6.07) is 18.7. The lowest BCUT2D eigenvalue weighted by Gasteiger charge is -2.15. The summed E-state index contributed by atoms with van der Waals surface area (Å²) in [4.78, 5) is 31.3. The average molecular weight is 448 g/mol. The van der Waals surface area contributed by atoms with Crippen molar-refractivity contribution in [2.24, 2.45) is 12.1 Å². The van der Waals surface area contributed by atoms with Gasteiger partial charge in [0, 0.05) is 7.05 Å². The Labute approximate surface area is 188 Å². The van der Waals surface area contributed by atoms with Gasteiger partial charge < -0.3 is 14.4 Å². The van der Waals surface area contributed by atoms with Gasteiger partial charge in [0.1, 0.15) is 18.5 Å². The van der Waals surface area contributed by atoms with Crippen LogP contribution in [-0.2, 0) is 13.6 Å². The topological polar surface area (TPSA) is 127 Å². The number of benzene rings is 2. The van der Waals surface area contributed by atoms with Crippen LogP contribution in [0, 0.1) is 0 Å². The van der Waals surface area contributed by atoms with E-state index < -0.39 is 17.4 Å². The third-order valence-electron chi connectivity index (χ3n) is 5.10. The molecule has 0 aliphatic carbocycles. The first kappa shape index (κ1) is 22.0. The SMILES string of the molecule is C/C(=N\Nc1nc2c(c(=O)[nH]c(=O)n2C)n1CC(O)COc1ccccc1)c1ccccc1. The Kier molecular flexibility index (Phi) is 6.36. The summed E-state index contributed by atoms with van der Waals surface area (Å²) in [5.74, 6) is 0.833. The van der Waals surface area contributed by atoms with Gasteiger partial charge in [0.15, 0.2) is 11.2 Å². The van der Waals surface area contributed by atoms with Gasteiger partial charge in [0.2, 0.25) is 5.95 Å². The zero-order chi connectivity index (χ0) is 23.4. The van der Waals surface area contributed by atoms with E-state index in [0.29, 0.717) is 11.5 Å². The second-order valence-corrected chi connectivity index (χ2v) is 7.49. The number of hydrogen-bond donors (Lipinski definition) is 3. The summed E-state index contributed by atoms with van der Waals surface area (Å²) in [5, 5.41) is 15.0. The Morgan fingerprint density at radius 2 is 1.82 bits per heavy atom. The van der Waals surface area contributed by atoms with Crippen LogP contribution in [0.15, 0.2) is 75.4 Å². The molecule has 2 heterocycles. The monoisotopic (exact) mass is 448 g/mol. The second kappa shape index (κ2) is 9.53. The predicted octanol–water partition coefficient (Wildman–Crippen LogP) is 1.70. The number of nitrogens with zero attached hydrogens (tertiary/aromatic N) is 4. The highest BCUT2D eigenvalue weighted by atomic mass is 16.5. The van der Waals surface area contributed by atoms with E-state index in [1.807, 2.05) is 55.5 Å². The molecule has 10 heteroatoms. The molecule has 170 valence electrons. The van der Waals surface area contributed by atoms with Gasteiger partial charge in [-0.25, -0.2) is 10.2 Å². The van der Waals surface area contributed by atoms with E-state index in [0.717, 1.165) is 5.56 Å². The smallest absolute Gasteiger partial charge is 0.329 e. The summed E-state index contributed by atoms with van der Waals surface area (Å²) >= 11 is 0. The number of aryl methyl sites for hydroxylation is 1. The number of anilines is 1. The lowest BCUT2D eigenvalue weighted by atomic mass is 10.1. The quantitative estimate of drug-likeness (QED) is 0.278. The van der Waals surface area contributed by atoms with Crippen LogP contribution in [0.5, 0.6) is 5.75 Å². The maximum atomic E-state index is 12.6. The van der Waals surface area contributed by atoms with Crippen molar-refractivity contribution in [2.75, 3.05) is 12.0 Å². The molecule has 0 spiro atoms. The van der Waals surface area contributed by atoms with E-state index in [4.69, 9.17) is 4.74 Å². The average Bonchev–Trinajstić information content (AvgIpc) is 3.19. The van der Waals surface area contributed by atoms with Gasteiger partial charge >= 0.3 is 5.69 Å². The van der Waals surface area contributed by atoms with Gasteiger partial charge in [-0.2, -0.15) is 10.1 Å². The number of nitrogens with one attached hydrogen (secondary N) is 2. The summed E-state index contributed by atoms with van der Waals surface area (Å²) in [5.41, 5.74) is 3.62. The number of aromatic amines is 1. The van der Waals surface area contributed by atoms with Crippen molar-refractivity contribution in [1.29, 1.82) is 0 Å². The Hall–Kier alpha value is -4.18. The third kappa shape index (κ3) is 4.85. The maximum Gasteiger partial charge on any atom is 0.329 e. The fraction of sp³-hybridized carbons (Fsp3) is 0.217. The normalized spacial score (nSPS) is 12.6. The van der Waals surface area contributed by atoms with E-state index in [2.05, 4.69) is 20.5 Å². The van der Waals surface area contributed by atoms with E-state index >= 15 is 0 Å². The molecule has 0 bridgehead atoms. The summed E-state index contributed by atoms with van der Waals surface area (Å²) in [7, 11) is 1.51. The van der Waals surface area contributed by atoms with Crippen LogP contribution in [0.2, 0.25) is 0 Å². The van der Waals surface area contributed by atoms with E-state index in [1.165, 1.54) is 16.2 Å². The van der Waals surface area contributed by atoms with Crippen molar-refractivity contribution >= 4 is 22.8 Å². The number of fused-ring (bicyclic) bond motifs is 1. The fourth-order valence-electron chi connectivity index (χ4n) is 3.35. The van der Waals surface area contributed by atoms with Crippen molar-refractivity contribution in [3.05, 3.63) is 87.1 Å². The fourth-order valence-corrected chi connectivity index (χ4v) is 3.35. The number of aromatic nitrogens is 4. The van der Waals surface area contributed by atoms with Gasteiger partial charge in [-0.1, -0.05) is 48.5 Å². The van der Waals surface area contributed by atoms with Gasteiger partial charge in [0.05, 0.1) is 12.3 Å². The van der Waals surface area contributed by atoms with E-state index in [1.54, 1.807) is 12.1 Å². The zero-order valence-electron chi connectivity index (χ0n) is 18.2. The molecule has 0 saturated heterocycles. The van der Waals surface area contributed by atoms with Crippen molar-refractivity contribution in [3.8, 4) is 5.75 Å². The number of aliphatic hydroxyl groups excluding tert-OH is 1. The first-order chi connectivity index (χ1) is 15.9. The van der Waals surface area contributed by atoms with Crippen molar-refractivity contribution in [3.63, 3.8) is 0 Å². The Morgan fingerprint density at radius 3 is 2.52 bits per heavy atom. The summed E-state index contributed by atoms with van der Waals surface area (Å²) in [6.45, 7) is 1.83. The van der Waals surface area contributed by atoms with Crippen molar-refractivity contribution < 1.29 is 9.84 Å². The minimum absolute atomic E-state index is 0.000886. The first-order valence-electron chi connectivity index (χ1n) is 10.3. The molecule has 4 aromatic rings. The van der Waals surface area contributed by atoms with E-state index in [-0.39, 0.29) is 30.3 Å². The van der Waals surface area contributed by atoms with Crippen LogP contribution in [0.3, 0.4) is 0 Å². The molecular weight excluding hydrogens is 424 g/mol. The molecule has 2 aromatic heterocycles. The number of hydrogen-bond acceptors (Lipinski definition) is 7.